The van der Waals surface area contributed by atoms with E-state index in [0.717, 1.165) is 25.2 Å². The summed E-state index contributed by atoms with van der Waals surface area (Å²) in [4.78, 5) is 0. The van der Waals surface area contributed by atoms with Crippen molar-refractivity contribution in [3.63, 3.8) is 0 Å². The quantitative estimate of drug-likeness (QED) is 0.752. The van der Waals surface area contributed by atoms with Gasteiger partial charge in [-0.15, -0.1) is 14.8 Å². The second-order valence-corrected chi connectivity index (χ2v) is 3.91. The molecule has 0 aliphatic heterocycles. The number of aromatic nitrogens is 5. The second-order valence-electron chi connectivity index (χ2n) is 3.91. The molecule has 0 radical (unpaired) electrons. The van der Waals surface area contributed by atoms with E-state index >= 15 is 0 Å². The topological polar surface area (TPSA) is 88.2 Å². The highest BCUT2D eigenvalue weighted by Gasteiger charge is 2.06. The highest BCUT2D eigenvalue weighted by Crippen LogP contribution is 2.10. The predicted molar refractivity (Wildman–Crippen MR) is 62.6 cm³/mol. The average molecular weight is 236 g/mol. The fourth-order valence-corrected chi connectivity index (χ4v) is 1.63. The summed E-state index contributed by atoms with van der Waals surface area (Å²) in [6.07, 6.45) is 1.83. The Morgan fingerprint density at radius 3 is 3.12 bits per heavy atom. The summed E-state index contributed by atoms with van der Waals surface area (Å²) in [5.74, 6) is 1.19. The summed E-state index contributed by atoms with van der Waals surface area (Å²) in [7, 11) is 0. The van der Waals surface area contributed by atoms with E-state index in [2.05, 4.69) is 32.9 Å². The molecule has 2 N–H and O–H groups in total. The zero-order chi connectivity index (χ0) is 12.1. The lowest BCUT2D eigenvalue weighted by atomic mass is 10.0. The summed E-state index contributed by atoms with van der Waals surface area (Å²) < 4.78 is 1.38. The van der Waals surface area contributed by atoms with Crippen LogP contribution in [-0.2, 0) is 0 Å². The van der Waals surface area contributed by atoms with Crippen molar-refractivity contribution in [2.75, 3.05) is 18.5 Å². The van der Waals surface area contributed by atoms with E-state index in [-0.39, 0.29) is 6.61 Å². The molecule has 2 heterocycles. The third-order valence-electron chi connectivity index (χ3n) is 2.76. The lowest BCUT2D eigenvalue weighted by molar-refractivity contribution is 0.258. The third-order valence-corrected chi connectivity index (χ3v) is 2.76. The smallest absolute Gasteiger partial charge is 0.200 e. The van der Waals surface area contributed by atoms with Gasteiger partial charge in [-0.2, -0.15) is 0 Å². The van der Waals surface area contributed by atoms with E-state index in [0.29, 0.717) is 11.6 Å². The van der Waals surface area contributed by atoms with E-state index in [9.17, 15) is 0 Å². The minimum absolute atomic E-state index is 0.222. The number of hydrogen-bond acceptors (Lipinski definition) is 6. The van der Waals surface area contributed by atoms with Gasteiger partial charge in [-0.3, -0.25) is 0 Å². The summed E-state index contributed by atoms with van der Waals surface area (Å²) >= 11 is 0. The maximum Gasteiger partial charge on any atom is 0.200 e. The van der Waals surface area contributed by atoms with Gasteiger partial charge in [0.25, 0.3) is 0 Å². The maximum absolute atomic E-state index is 8.90. The Balaban J connectivity index is 1.97. The molecule has 2 rings (SSSR count). The van der Waals surface area contributed by atoms with Gasteiger partial charge in [-0.25, -0.2) is 0 Å². The van der Waals surface area contributed by atoms with E-state index in [1.165, 1.54) is 4.63 Å². The average Bonchev–Trinajstić information content (AvgIpc) is 2.81. The molecular formula is C10H16N6O. The molecular weight excluding hydrogens is 220 g/mol. The molecule has 92 valence electrons. The number of rotatable bonds is 6. The van der Waals surface area contributed by atoms with Crippen LogP contribution in [0.1, 0.15) is 19.8 Å². The van der Waals surface area contributed by atoms with Crippen LogP contribution in [0.3, 0.4) is 0 Å². The highest BCUT2D eigenvalue weighted by atomic mass is 16.3. The maximum atomic E-state index is 8.90. The molecule has 0 saturated heterocycles. The van der Waals surface area contributed by atoms with Gasteiger partial charge < -0.3 is 10.4 Å². The van der Waals surface area contributed by atoms with Crippen LogP contribution in [0.15, 0.2) is 12.1 Å². The van der Waals surface area contributed by atoms with Crippen molar-refractivity contribution in [3.8, 4) is 0 Å². The first-order chi connectivity index (χ1) is 8.33. The van der Waals surface area contributed by atoms with Crippen LogP contribution in [0, 0.1) is 5.92 Å². The summed E-state index contributed by atoms with van der Waals surface area (Å²) in [5.41, 5.74) is 0.623. The summed E-state index contributed by atoms with van der Waals surface area (Å²) in [6.45, 7) is 3.12. The van der Waals surface area contributed by atoms with Crippen LogP contribution in [-0.4, -0.2) is 43.5 Å². The Morgan fingerprint density at radius 1 is 1.47 bits per heavy atom. The van der Waals surface area contributed by atoms with Crippen LogP contribution in [0.2, 0.25) is 0 Å². The molecule has 0 aliphatic carbocycles. The standard InChI is InChI=1S/C10H16N6O/c1-2-8(5-6-17)7-11-9-3-4-10-12-14-15-16(10)13-9/h3-4,8,17H,2,5-7H2,1H3,(H,11,13). The first-order valence-electron chi connectivity index (χ1n) is 5.73. The molecule has 0 spiro atoms. The number of hydrogen-bond donors (Lipinski definition) is 2. The first-order valence-corrected chi connectivity index (χ1v) is 5.73. The highest BCUT2D eigenvalue weighted by molar-refractivity contribution is 5.41. The number of fused-ring (bicyclic) bond motifs is 1. The molecule has 0 bridgehead atoms. The van der Waals surface area contributed by atoms with Crippen LogP contribution in [0.4, 0.5) is 5.82 Å². The Bertz CT molecular complexity index is 471. The zero-order valence-corrected chi connectivity index (χ0v) is 9.74. The van der Waals surface area contributed by atoms with E-state index < -0.39 is 0 Å². The Kier molecular flexibility index (Phi) is 3.81. The molecule has 17 heavy (non-hydrogen) atoms. The normalized spacial score (nSPS) is 12.8. The number of nitrogens with zero attached hydrogens (tertiary/aromatic N) is 5. The number of nitrogens with one attached hydrogen (secondary N) is 1. The van der Waals surface area contributed by atoms with Crippen molar-refractivity contribution in [3.05, 3.63) is 12.1 Å². The molecule has 7 nitrogen and oxygen atoms in total. The lowest BCUT2D eigenvalue weighted by Crippen LogP contribution is -2.16. The van der Waals surface area contributed by atoms with Crippen molar-refractivity contribution in [1.29, 1.82) is 0 Å². The number of anilines is 1. The fourth-order valence-electron chi connectivity index (χ4n) is 1.63. The molecule has 0 fully saturated rings. The SMILES string of the molecule is CCC(CCO)CNc1ccc2nnnn2n1. The predicted octanol–water partition coefficient (Wildman–Crippen LogP) is 0.340. The third kappa shape index (κ3) is 2.88. The number of aliphatic hydroxyl groups is 1. The molecule has 2 aromatic heterocycles. The monoisotopic (exact) mass is 236 g/mol. The summed E-state index contributed by atoms with van der Waals surface area (Å²) in [5, 5.41) is 27.4. The molecule has 0 aliphatic rings. The minimum Gasteiger partial charge on any atom is -0.396 e. The Labute approximate surface area is 98.8 Å². The zero-order valence-electron chi connectivity index (χ0n) is 9.74. The molecule has 7 heteroatoms. The van der Waals surface area contributed by atoms with Crippen molar-refractivity contribution in [2.45, 2.75) is 19.8 Å². The first kappa shape index (κ1) is 11.7. The van der Waals surface area contributed by atoms with Crippen LogP contribution < -0.4 is 5.32 Å². The molecule has 0 amide bonds. The molecule has 0 aromatic carbocycles. The fraction of sp³-hybridized carbons (Fsp3) is 0.600. The van der Waals surface area contributed by atoms with Gasteiger partial charge in [-0.1, -0.05) is 13.3 Å². The van der Waals surface area contributed by atoms with Gasteiger partial charge in [-0.05, 0) is 34.9 Å². The van der Waals surface area contributed by atoms with Gasteiger partial charge in [0.15, 0.2) is 5.65 Å². The van der Waals surface area contributed by atoms with E-state index in [4.69, 9.17) is 5.11 Å². The number of aliphatic hydroxyl groups excluding tert-OH is 1. The molecule has 1 unspecified atom stereocenters. The Hall–Kier alpha value is -1.76. The number of tetrazole rings is 1. The van der Waals surface area contributed by atoms with Gasteiger partial charge in [0.1, 0.15) is 5.82 Å². The minimum atomic E-state index is 0.222. The largest absolute Gasteiger partial charge is 0.396 e. The second kappa shape index (κ2) is 5.53. The van der Waals surface area contributed by atoms with Gasteiger partial charge in [0.2, 0.25) is 0 Å². The van der Waals surface area contributed by atoms with Crippen molar-refractivity contribution >= 4 is 11.5 Å². The van der Waals surface area contributed by atoms with E-state index in [1.807, 2.05) is 12.1 Å². The van der Waals surface area contributed by atoms with Crippen molar-refractivity contribution in [2.24, 2.45) is 5.92 Å². The van der Waals surface area contributed by atoms with Gasteiger partial charge >= 0.3 is 0 Å². The van der Waals surface area contributed by atoms with Gasteiger partial charge in [0.05, 0.1) is 0 Å². The van der Waals surface area contributed by atoms with Crippen molar-refractivity contribution in [1.82, 2.24) is 25.3 Å². The molecule has 2 aromatic rings. The Morgan fingerprint density at radius 2 is 2.35 bits per heavy atom. The molecule has 0 saturated carbocycles. The van der Waals surface area contributed by atoms with Crippen LogP contribution in [0.5, 0.6) is 0 Å². The van der Waals surface area contributed by atoms with Crippen molar-refractivity contribution < 1.29 is 5.11 Å². The van der Waals surface area contributed by atoms with E-state index in [1.54, 1.807) is 0 Å². The molecule has 1 atom stereocenters. The van der Waals surface area contributed by atoms with Crippen LogP contribution >= 0.6 is 0 Å². The lowest BCUT2D eigenvalue weighted by Gasteiger charge is -2.14. The summed E-state index contributed by atoms with van der Waals surface area (Å²) in [6, 6.07) is 3.65. The van der Waals surface area contributed by atoms with Gasteiger partial charge in [0, 0.05) is 13.2 Å². The van der Waals surface area contributed by atoms with Crippen LogP contribution in [0.25, 0.3) is 5.65 Å².